The van der Waals surface area contributed by atoms with Gasteiger partial charge in [0.15, 0.2) is 0 Å². The Kier molecular flexibility index (Phi) is 4.28. The van der Waals surface area contributed by atoms with Crippen molar-refractivity contribution in [3.63, 3.8) is 0 Å². The van der Waals surface area contributed by atoms with Crippen LogP contribution in [0.2, 0.25) is 0 Å². The van der Waals surface area contributed by atoms with Crippen LogP contribution in [0.25, 0.3) is 0 Å². The third kappa shape index (κ3) is 3.39. The monoisotopic (exact) mass is 295 g/mol. The van der Waals surface area contributed by atoms with Crippen molar-refractivity contribution in [3.8, 4) is 0 Å². The maximum Gasteiger partial charge on any atom is 0.255 e. The summed E-state index contributed by atoms with van der Waals surface area (Å²) in [5, 5.41) is 2.91. The molecular formula is C18H21N3O. The molecule has 2 aromatic rings. The van der Waals surface area contributed by atoms with Crippen LogP contribution < -0.4 is 16.0 Å². The van der Waals surface area contributed by atoms with Crippen molar-refractivity contribution in [2.24, 2.45) is 0 Å². The number of carbonyl (C=O) groups excluding carboxylic acids is 1. The predicted octanol–water partition coefficient (Wildman–Crippen LogP) is 3.51. The van der Waals surface area contributed by atoms with E-state index in [1.54, 1.807) is 24.3 Å². The lowest BCUT2D eigenvalue weighted by Crippen LogP contribution is -2.29. The molecule has 1 heterocycles. The van der Waals surface area contributed by atoms with Crippen LogP contribution in [0.15, 0.2) is 48.5 Å². The molecule has 2 aromatic carbocycles. The quantitative estimate of drug-likeness (QED) is 0.852. The van der Waals surface area contributed by atoms with Gasteiger partial charge in [-0.3, -0.25) is 4.79 Å². The normalized spacial score (nSPS) is 14.6. The van der Waals surface area contributed by atoms with E-state index in [0.717, 1.165) is 18.8 Å². The largest absolute Gasteiger partial charge is 0.399 e. The molecule has 1 saturated heterocycles. The number of hydrogen-bond acceptors (Lipinski definition) is 3. The minimum absolute atomic E-state index is 0.120. The molecule has 4 heteroatoms. The molecule has 114 valence electrons. The summed E-state index contributed by atoms with van der Waals surface area (Å²) < 4.78 is 0. The van der Waals surface area contributed by atoms with Crippen molar-refractivity contribution in [3.05, 3.63) is 54.1 Å². The van der Waals surface area contributed by atoms with E-state index in [1.807, 2.05) is 12.1 Å². The summed E-state index contributed by atoms with van der Waals surface area (Å²) in [6.07, 6.45) is 3.84. The van der Waals surface area contributed by atoms with E-state index in [-0.39, 0.29) is 5.91 Å². The van der Waals surface area contributed by atoms with Crippen molar-refractivity contribution < 1.29 is 4.79 Å². The first kappa shape index (κ1) is 14.4. The van der Waals surface area contributed by atoms with Gasteiger partial charge in [-0.15, -0.1) is 0 Å². The van der Waals surface area contributed by atoms with Gasteiger partial charge in [0.05, 0.1) is 0 Å². The number of hydrogen-bond donors (Lipinski definition) is 2. The lowest BCUT2D eigenvalue weighted by molar-refractivity contribution is 0.102. The number of nitrogens with two attached hydrogens (primary N) is 1. The number of nitrogens with one attached hydrogen (secondary N) is 1. The molecule has 0 aliphatic carbocycles. The molecule has 4 nitrogen and oxygen atoms in total. The first-order valence-corrected chi connectivity index (χ1v) is 7.74. The van der Waals surface area contributed by atoms with Gasteiger partial charge < -0.3 is 16.0 Å². The van der Waals surface area contributed by atoms with E-state index in [2.05, 4.69) is 22.3 Å². The Labute approximate surface area is 130 Å². The fourth-order valence-corrected chi connectivity index (χ4v) is 2.75. The number of nitrogen functional groups attached to an aromatic ring is 1. The average molecular weight is 295 g/mol. The van der Waals surface area contributed by atoms with Crippen molar-refractivity contribution in [2.45, 2.75) is 19.3 Å². The summed E-state index contributed by atoms with van der Waals surface area (Å²) in [5.41, 5.74) is 8.93. The summed E-state index contributed by atoms with van der Waals surface area (Å²) in [6.45, 7) is 2.24. The second kappa shape index (κ2) is 6.52. The summed E-state index contributed by atoms with van der Waals surface area (Å²) in [6, 6.07) is 15.0. The standard InChI is InChI=1S/C18H21N3O/c19-15-6-4-14(5-7-15)18(22)20-16-8-10-17(11-9-16)21-12-2-1-3-13-21/h4-11H,1-3,12-13,19H2,(H,20,22). The highest BCUT2D eigenvalue weighted by Crippen LogP contribution is 2.22. The van der Waals surface area contributed by atoms with Gasteiger partial charge in [0.25, 0.3) is 5.91 Å². The zero-order valence-corrected chi connectivity index (χ0v) is 12.6. The van der Waals surface area contributed by atoms with Crippen molar-refractivity contribution in [2.75, 3.05) is 29.0 Å². The maximum atomic E-state index is 12.1. The van der Waals surface area contributed by atoms with Gasteiger partial charge in [-0.05, 0) is 67.8 Å². The van der Waals surface area contributed by atoms with E-state index in [9.17, 15) is 4.79 Å². The first-order chi connectivity index (χ1) is 10.7. The van der Waals surface area contributed by atoms with Gasteiger partial charge in [0.1, 0.15) is 0 Å². The molecule has 0 atom stereocenters. The van der Waals surface area contributed by atoms with Crippen LogP contribution in [0.1, 0.15) is 29.6 Å². The van der Waals surface area contributed by atoms with E-state index < -0.39 is 0 Å². The number of anilines is 3. The molecule has 0 bridgehead atoms. The molecule has 1 aliphatic heterocycles. The van der Waals surface area contributed by atoms with Crippen LogP contribution in [0, 0.1) is 0 Å². The van der Waals surface area contributed by atoms with Crippen LogP contribution in [0.3, 0.4) is 0 Å². The van der Waals surface area contributed by atoms with Crippen molar-refractivity contribution >= 4 is 23.0 Å². The van der Waals surface area contributed by atoms with Crippen molar-refractivity contribution in [1.82, 2.24) is 0 Å². The fraction of sp³-hybridized carbons (Fsp3) is 0.278. The van der Waals surface area contributed by atoms with Gasteiger partial charge in [-0.2, -0.15) is 0 Å². The fourth-order valence-electron chi connectivity index (χ4n) is 2.75. The predicted molar refractivity (Wildman–Crippen MR) is 91.3 cm³/mol. The molecule has 0 saturated carbocycles. The summed E-state index contributed by atoms with van der Waals surface area (Å²) >= 11 is 0. The molecule has 1 aliphatic rings. The highest BCUT2D eigenvalue weighted by Gasteiger charge is 2.11. The van der Waals surface area contributed by atoms with E-state index >= 15 is 0 Å². The second-order valence-electron chi connectivity index (χ2n) is 5.67. The molecule has 1 amide bonds. The highest BCUT2D eigenvalue weighted by molar-refractivity contribution is 6.04. The Hall–Kier alpha value is -2.49. The molecule has 0 aromatic heterocycles. The molecule has 0 radical (unpaired) electrons. The Morgan fingerprint density at radius 2 is 1.55 bits per heavy atom. The lowest BCUT2D eigenvalue weighted by Gasteiger charge is -2.28. The minimum Gasteiger partial charge on any atom is -0.399 e. The molecular weight excluding hydrogens is 274 g/mol. The molecule has 0 unspecified atom stereocenters. The van der Waals surface area contributed by atoms with Gasteiger partial charge >= 0.3 is 0 Å². The number of piperidine rings is 1. The van der Waals surface area contributed by atoms with Crippen molar-refractivity contribution in [1.29, 1.82) is 0 Å². The van der Waals surface area contributed by atoms with Gasteiger partial charge in [0.2, 0.25) is 0 Å². The van der Waals surface area contributed by atoms with E-state index in [0.29, 0.717) is 11.3 Å². The van der Waals surface area contributed by atoms with E-state index in [4.69, 9.17) is 5.73 Å². The smallest absolute Gasteiger partial charge is 0.255 e. The molecule has 22 heavy (non-hydrogen) atoms. The number of benzene rings is 2. The van der Waals surface area contributed by atoms with Crippen LogP contribution in [0.5, 0.6) is 0 Å². The number of rotatable bonds is 3. The zero-order valence-electron chi connectivity index (χ0n) is 12.6. The summed E-state index contributed by atoms with van der Waals surface area (Å²) in [7, 11) is 0. The first-order valence-electron chi connectivity index (χ1n) is 7.74. The maximum absolute atomic E-state index is 12.1. The van der Waals surface area contributed by atoms with Crippen LogP contribution in [-0.2, 0) is 0 Å². The molecule has 1 fully saturated rings. The molecule has 3 rings (SSSR count). The van der Waals surface area contributed by atoms with Crippen LogP contribution in [0.4, 0.5) is 17.1 Å². The van der Waals surface area contributed by atoms with E-state index in [1.165, 1.54) is 24.9 Å². The summed E-state index contributed by atoms with van der Waals surface area (Å²) in [4.78, 5) is 14.5. The number of nitrogens with zero attached hydrogens (tertiary/aromatic N) is 1. The second-order valence-corrected chi connectivity index (χ2v) is 5.67. The third-order valence-electron chi connectivity index (χ3n) is 4.02. The lowest BCUT2D eigenvalue weighted by atomic mass is 10.1. The van der Waals surface area contributed by atoms with Crippen LogP contribution >= 0.6 is 0 Å². The van der Waals surface area contributed by atoms with Gasteiger partial charge in [-0.25, -0.2) is 0 Å². The Bertz CT molecular complexity index is 628. The van der Waals surface area contributed by atoms with Gasteiger partial charge in [-0.1, -0.05) is 0 Å². The number of amides is 1. The van der Waals surface area contributed by atoms with Crippen LogP contribution in [-0.4, -0.2) is 19.0 Å². The Morgan fingerprint density at radius 3 is 2.18 bits per heavy atom. The Morgan fingerprint density at radius 1 is 0.909 bits per heavy atom. The minimum atomic E-state index is -0.120. The highest BCUT2D eigenvalue weighted by atomic mass is 16.1. The summed E-state index contributed by atoms with van der Waals surface area (Å²) in [5.74, 6) is -0.120. The average Bonchev–Trinajstić information content (AvgIpc) is 2.57. The third-order valence-corrected chi connectivity index (χ3v) is 4.02. The van der Waals surface area contributed by atoms with Gasteiger partial charge in [0, 0.05) is 35.7 Å². The zero-order chi connectivity index (χ0) is 15.4. The SMILES string of the molecule is Nc1ccc(C(=O)Nc2ccc(N3CCCCC3)cc2)cc1. The Balaban J connectivity index is 1.65. The molecule has 0 spiro atoms. The molecule has 3 N–H and O–H groups in total. The topological polar surface area (TPSA) is 58.4 Å². The number of carbonyl (C=O) groups is 1.